The monoisotopic (exact) mass is 144 g/mol. The van der Waals surface area contributed by atoms with Crippen molar-refractivity contribution in [2.75, 3.05) is 6.61 Å². The summed E-state index contributed by atoms with van der Waals surface area (Å²) in [7, 11) is 0. The van der Waals surface area contributed by atoms with Crippen molar-refractivity contribution in [1.29, 1.82) is 0 Å². The van der Waals surface area contributed by atoms with E-state index in [1.165, 1.54) is 0 Å². The molecule has 0 aromatic heterocycles. The van der Waals surface area contributed by atoms with Crippen LogP contribution in [0.25, 0.3) is 0 Å². The molecule has 0 aromatic carbocycles. The van der Waals surface area contributed by atoms with E-state index >= 15 is 0 Å². The van der Waals surface area contributed by atoms with Crippen LogP contribution in [-0.4, -0.2) is 17.3 Å². The molecule has 0 amide bonds. The van der Waals surface area contributed by atoms with Gasteiger partial charge in [-0.15, -0.1) is 0 Å². The molecule has 2 nitrogen and oxygen atoms in total. The number of rotatable bonds is 4. The highest BCUT2D eigenvalue weighted by Crippen LogP contribution is 2.07. The van der Waals surface area contributed by atoms with Crippen molar-refractivity contribution in [3.63, 3.8) is 0 Å². The van der Waals surface area contributed by atoms with Crippen LogP contribution in [0, 0.1) is 13.0 Å². The predicted octanol–water partition coefficient (Wildman–Crippen LogP) is 1.93. The Balaban J connectivity index is 3.04. The van der Waals surface area contributed by atoms with Gasteiger partial charge in [-0.2, -0.15) is 0 Å². The van der Waals surface area contributed by atoms with E-state index < -0.39 is 0 Å². The Kier molecular flexibility index (Phi) is 4.65. The number of aliphatic hydroxyl groups excluding tert-OH is 1. The average Bonchev–Trinajstić information content (AvgIpc) is 1.78. The van der Waals surface area contributed by atoms with Gasteiger partial charge in [0, 0.05) is 6.61 Å². The van der Waals surface area contributed by atoms with Gasteiger partial charge in [0.25, 0.3) is 0 Å². The van der Waals surface area contributed by atoms with Gasteiger partial charge in [-0.3, -0.25) is 0 Å². The minimum absolute atomic E-state index is 0.0662. The summed E-state index contributed by atoms with van der Waals surface area (Å²) in [4.78, 5) is 0. The maximum Gasteiger partial charge on any atom is 0.0834 e. The first-order valence-corrected chi connectivity index (χ1v) is 3.49. The van der Waals surface area contributed by atoms with Crippen molar-refractivity contribution >= 4 is 0 Å². The normalized spacial score (nSPS) is 12.0. The third-order valence-electron chi connectivity index (χ3n) is 0.925. The Hall–Kier alpha value is -0.0800. The number of aliphatic hydroxyl groups is 1. The molecule has 10 heavy (non-hydrogen) atoms. The van der Waals surface area contributed by atoms with Gasteiger partial charge in [-0.1, -0.05) is 0 Å². The van der Waals surface area contributed by atoms with Crippen molar-refractivity contribution in [3.8, 4) is 0 Å². The summed E-state index contributed by atoms with van der Waals surface area (Å²) in [5, 5.41) is 8.26. The maximum atomic E-state index is 8.26. The molecule has 0 unspecified atom stereocenters. The summed E-state index contributed by atoms with van der Waals surface area (Å²) >= 11 is 0. The quantitative estimate of drug-likeness (QED) is 0.611. The molecule has 0 aliphatic rings. The van der Waals surface area contributed by atoms with Crippen LogP contribution < -0.4 is 0 Å². The molecule has 0 aliphatic carbocycles. The molecule has 1 N–H and O–H groups in total. The second-order valence-electron chi connectivity index (χ2n) is 3.13. The molecule has 0 aromatic rings. The Morgan fingerprint density at radius 1 is 1.40 bits per heavy atom. The number of ether oxygens (including phenoxy) is 1. The standard InChI is InChI=1S/C8H16O2/c1-8(2,3)10-7-5-4-6-9/h4,6,9H,5,7H2,1-3H3. The smallest absolute Gasteiger partial charge is 0.0834 e. The molecule has 0 bridgehead atoms. The Morgan fingerprint density at radius 3 is 2.40 bits per heavy atom. The summed E-state index contributed by atoms with van der Waals surface area (Å²) < 4.78 is 5.37. The summed E-state index contributed by atoms with van der Waals surface area (Å²) in [5.74, 6) is 0. The molecule has 0 saturated carbocycles. The van der Waals surface area contributed by atoms with Crippen molar-refractivity contribution in [2.24, 2.45) is 0 Å². The van der Waals surface area contributed by atoms with Crippen LogP contribution in [-0.2, 0) is 4.74 Å². The lowest BCUT2D eigenvalue weighted by atomic mass is 10.2. The Morgan fingerprint density at radius 2 is 2.00 bits per heavy atom. The maximum absolute atomic E-state index is 8.26. The lowest BCUT2D eigenvalue weighted by Crippen LogP contribution is -2.19. The molecule has 0 aliphatic heterocycles. The van der Waals surface area contributed by atoms with Gasteiger partial charge >= 0.3 is 0 Å². The largest absolute Gasteiger partial charge is 0.390 e. The van der Waals surface area contributed by atoms with Crippen LogP contribution in [0.15, 0.2) is 0 Å². The summed E-state index contributed by atoms with van der Waals surface area (Å²) in [6, 6.07) is 0. The van der Waals surface area contributed by atoms with Gasteiger partial charge in [-0.05, 0) is 33.6 Å². The van der Waals surface area contributed by atoms with E-state index in [9.17, 15) is 0 Å². The molecule has 0 rings (SSSR count). The number of unbranched alkanes of at least 4 members (excludes halogenated alkanes) is 1. The van der Waals surface area contributed by atoms with E-state index in [0.717, 1.165) is 13.0 Å². The number of hydrogen-bond acceptors (Lipinski definition) is 2. The van der Waals surface area contributed by atoms with Gasteiger partial charge in [0.05, 0.1) is 12.2 Å². The summed E-state index contributed by atoms with van der Waals surface area (Å²) in [5.41, 5.74) is -0.0662. The highest BCUT2D eigenvalue weighted by atomic mass is 16.5. The zero-order valence-electron chi connectivity index (χ0n) is 6.92. The first kappa shape index (κ1) is 9.92. The molecular weight excluding hydrogens is 128 g/mol. The third kappa shape index (κ3) is 7.92. The van der Waals surface area contributed by atoms with Crippen LogP contribution in [0.3, 0.4) is 0 Å². The average molecular weight is 144 g/mol. The Labute approximate surface area is 63.2 Å². The van der Waals surface area contributed by atoms with Crippen LogP contribution >= 0.6 is 0 Å². The molecule has 0 spiro atoms. The van der Waals surface area contributed by atoms with E-state index in [1.807, 2.05) is 20.8 Å². The lowest BCUT2D eigenvalue weighted by molar-refractivity contribution is -0.00154. The van der Waals surface area contributed by atoms with Crippen molar-refractivity contribution in [3.05, 3.63) is 13.0 Å². The molecular formula is C8H16O2. The molecule has 2 heteroatoms. The van der Waals surface area contributed by atoms with Gasteiger partial charge in [0.1, 0.15) is 0 Å². The fourth-order valence-corrected chi connectivity index (χ4v) is 0.508. The molecule has 0 saturated heterocycles. The lowest BCUT2D eigenvalue weighted by Gasteiger charge is -2.18. The van der Waals surface area contributed by atoms with Crippen LogP contribution in [0.1, 0.15) is 27.2 Å². The highest BCUT2D eigenvalue weighted by Gasteiger charge is 2.08. The van der Waals surface area contributed by atoms with Gasteiger partial charge in [-0.25, -0.2) is 0 Å². The van der Waals surface area contributed by atoms with Crippen molar-refractivity contribution in [1.82, 2.24) is 0 Å². The van der Waals surface area contributed by atoms with Crippen molar-refractivity contribution in [2.45, 2.75) is 32.8 Å². The van der Waals surface area contributed by atoms with Crippen LogP contribution in [0.5, 0.6) is 0 Å². The SMILES string of the molecule is CC(C)(C)OCC[CH][CH]O. The highest BCUT2D eigenvalue weighted by molar-refractivity contribution is 4.72. The molecule has 0 fully saturated rings. The first-order chi connectivity index (χ1) is 4.56. The van der Waals surface area contributed by atoms with Crippen molar-refractivity contribution < 1.29 is 9.84 Å². The first-order valence-electron chi connectivity index (χ1n) is 3.49. The minimum atomic E-state index is -0.0662. The van der Waals surface area contributed by atoms with Crippen LogP contribution in [0.2, 0.25) is 0 Å². The Bertz CT molecular complexity index is 73.8. The van der Waals surface area contributed by atoms with Crippen LogP contribution in [0.4, 0.5) is 0 Å². The predicted molar refractivity (Wildman–Crippen MR) is 40.9 cm³/mol. The third-order valence-corrected chi connectivity index (χ3v) is 0.925. The molecule has 0 atom stereocenters. The van der Waals surface area contributed by atoms with E-state index in [1.54, 1.807) is 6.42 Å². The fourth-order valence-electron chi connectivity index (χ4n) is 0.508. The summed E-state index contributed by atoms with van der Waals surface area (Å²) in [6.45, 7) is 7.74. The van der Waals surface area contributed by atoms with Gasteiger partial charge in [0.2, 0.25) is 0 Å². The zero-order chi connectivity index (χ0) is 8.04. The summed E-state index contributed by atoms with van der Waals surface area (Å²) in [6.07, 6.45) is 2.44. The number of hydrogen-bond donors (Lipinski definition) is 1. The second-order valence-corrected chi connectivity index (χ2v) is 3.13. The van der Waals surface area contributed by atoms with Gasteiger partial charge in [0.15, 0.2) is 0 Å². The minimum Gasteiger partial charge on any atom is -0.390 e. The topological polar surface area (TPSA) is 29.5 Å². The molecule has 2 radical (unpaired) electrons. The fraction of sp³-hybridized carbons (Fsp3) is 0.750. The van der Waals surface area contributed by atoms with E-state index in [-0.39, 0.29) is 5.60 Å². The van der Waals surface area contributed by atoms with E-state index in [4.69, 9.17) is 9.84 Å². The second kappa shape index (κ2) is 4.69. The molecule has 0 heterocycles. The molecule has 60 valence electrons. The van der Waals surface area contributed by atoms with Gasteiger partial charge < -0.3 is 9.84 Å². The van der Waals surface area contributed by atoms with E-state index in [2.05, 4.69) is 0 Å². The zero-order valence-corrected chi connectivity index (χ0v) is 6.92. The van der Waals surface area contributed by atoms with E-state index in [0.29, 0.717) is 6.61 Å².